The van der Waals surface area contributed by atoms with Crippen LogP contribution in [0.3, 0.4) is 0 Å². The third-order valence-corrected chi connectivity index (χ3v) is 5.32. The second kappa shape index (κ2) is 6.50. The fourth-order valence-corrected chi connectivity index (χ4v) is 3.67. The van der Waals surface area contributed by atoms with E-state index >= 15 is 0 Å². The number of rotatable bonds is 4. The van der Waals surface area contributed by atoms with Gasteiger partial charge in [-0.3, -0.25) is 10.3 Å². The van der Waals surface area contributed by atoms with E-state index in [1.54, 1.807) is 7.11 Å². The molecular weight excluding hydrogens is 270 g/mol. The number of methoxy groups -OCH3 is 1. The van der Waals surface area contributed by atoms with Gasteiger partial charge in [0.2, 0.25) is 0 Å². The van der Waals surface area contributed by atoms with Crippen molar-refractivity contribution in [3.05, 3.63) is 29.3 Å². The molecule has 4 nitrogen and oxygen atoms in total. The topological polar surface area (TPSA) is 62.3 Å². The molecule has 1 aromatic carbocycles. The first-order valence-corrected chi connectivity index (χ1v) is 7.94. The van der Waals surface area contributed by atoms with Crippen molar-refractivity contribution in [2.75, 3.05) is 19.4 Å². The largest absolute Gasteiger partial charge is 0.496 e. The normalized spacial score (nSPS) is 23.6. The van der Waals surface area contributed by atoms with Gasteiger partial charge in [-0.2, -0.15) is 11.8 Å². The Labute approximate surface area is 125 Å². The first kappa shape index (κ1) is 15.2. The molecule has 1 aromatic rings. The van der Waals surface area contributed by atoms with Crippen molar-refractivity contribution in [3.8, 4) is 5.75 Å². The second-order valence-electron chi connectivity index (χ2n) is 5.23. The van der Waals surface area contributed by atoms with E-state index in [2.05, 4.69) is 18.7 Å². The Kier molecular flexibility index (Phi) is 4.94. The van der Waals surface area contributed by atoms with Crippen molar-refractivity contribution in [3.63, 3.8) is 0 Å². The molecule has 0 radical (unpaired) electrons. The molecule has 2 atom stereocenters. The number of thioether (sulfide) groups is 1. The van der Waals surface area contributed by atoms with Gasteiger partial charge in [0.05, 0.1) is 7.11 Å². The summed E-state index contributed by atoms with van der Waals surface area (Å²) in [6.45, 7) is 6.49. The number of nitrogens with two attached hydrogens (primary N) is 1. The quantitative estimate of drug-likeness (QED) is 0.660. The lowest BCUT2D eigenvalue weighted by Crippen LogP contribution is -2.44. The maximum atomic E-state index is 7.57. The standard InChI is InChI=1S/C15H23N3OS/c1-10-11(2)20-7-6-18(10)9-13-8-12(15(16)17)4-5-14(13)19-3/h4-5,8,10-11H,6-7,9H2,1-3H3,(H3,16,17). The van der Waals surface area contributed by atoms with E-state index in [4.69, 9.17) is 15.9 Å². The molecular formula is C15H23N3OS. The monoisotopic (exact) mass is 293 g/mol. The van der Waals surface area contributed by atoms with Gasteiger partial charge >= 0.3 is 0 Å². The molecule has 1 aliphatic heterocycles. The molecule has 2 rings (SSSR count). The number of nitrogens with one attached hydrogen (secondary N) is 1. The average Bonchev–Trinajstić information content (AvgIpc) is 2.43. The van der Waals surface area contributed by atoms with Gasteiger partial charge in [0.15, 0.2) is 0 Å². The number of amidine groups is 1. The van der Waals surface area contributed by atoms with Crippen LogP contribution in [0.5, 0.6) is 5.75 Å². The van der Waals surface area contributed by atoms with Crippen LogP contribution in [0.2, 0.25) is 0 Å². The van der Waals surface area contributed by atoms with E-state index < -0.39 is 0 Å². The van der Waals surface area contributed by atoms with Gasteiger partial charge in [-0.05, 0) is 25.1 Å². The highest BCUT2D eigenvalue weighted by Crippen LogP contribution is 2.28. The lowest BCUT2D eigenvalue weighted by Gasteiger charge is -2.37. The molecule has 2 unspecified atom stereocenters. The number of benzene rings is 1. The highest BCUT2D eigenvalue weighted by atomic mass is 32.2. The maximum Gasteiger partial charge on any atom is 0.123 e. The van der Waals surface area contributed by atoms with E-state index in [9.17, 15) is 0 Å². The maximum absolute atomic E-state index is 7.57. The Bertz CT molecular complexity index is 492. The predicted molar refractivity (Wildman–Crippen MR) is 85.8 cm³/mol. The summed E-state index contributed by atoms with van der Waals surface area (Å²) >= 11 is 2.03. The summed E-state index contributed by atoms with van der Waals surface area (Å²) < 4.78 is 5.44. The van der Waals surface area contributed by atoms with Crippen molar-refractivity contribution in [1.29, 1.82) is 5.41 Å². The summed E-state index contributed by atoms with van der Waals surface area (Å²) in [7, 11) is 1.68. The van der Waals surface area contributed by atoms with Crippen LogP contribution in [0.15, 0.2) is 18.2 Å². The van der Waals surface area contributed by atoms with Gasteiger partial charge in [0.1, 0.15) is 11.6 Å². The minimum atomic E-state index is 0.101. The minimum Gasteiger partial charge on any atom is -0.496 e. The lowest BCUT2D eigenvalue weighted by atomic mass is 10.1. The van der Waals surface area contributed by atoms with Crippen LogP contribution in [0.1, 0.15) is 25.0 Å². The fourth-order valence-electron chi connectivity index (χ4n) is 2.51. The van der Waals surface area contributed by atoms with E-state index in [0.717, 1.165) is 30.0 Å². The summed E-state index contributed by atoms with van der Waals surface area (Å²) in [4.78, 5) is 2.48. The highest BCUT2D eigenvalue weighted by Gasteiger charge is 2.25. The number of ether oxygens (including phenoxy) is 1. The minimum absolute atomic E-state index is 0.101. The Morgan fingerprint density at radius 3 is 2.90 bits per heavy atom. The molecule has 1 saturated heterocycles. The SMILES string of the molecule is COc1ccc(C(=N)N)cc1CN1CCSC(C)C1C. The van der Waals surface area contributed by atoms with Crippen LogP contribution in [-0.4, -0.2) is 41.4 Å². The van der Waals surface area contributed by atoms with Crippen molar-refractivity contribution >= 4 is 17.6 Å². The Hall–Kier alpha value is -1.20. The van der Waals surface area contributed by atoms with Gasteiger partial charge in [-0.15, -0.1) is 0 Å². The lowest BCUT2D eigenvalue weighted by molar-refractivity contribution is 0.202. The molecule has 110 valence electrons. The van der Waals surface area contributed by atoms with Crippen molar-refractivity contribution in [2.24, 2.45) is 5.73 Å². The highest BCUT2D eigenvalue weighted by molar-refractivity contribution is 8.00. The zero-order chi connectivity index (χ0) is 14.7. The molecule has 0 spiro atoms. The number of nitrogens with zero attached hydrogens (tertiary/aromatic N) is 1. The van der Waals surface area contributed by atoms with Crippen LogP contribution >= 0.6 is 11.8 Å². The molecule has 0 amide bonds. The van der Waals surface area contributed by atoms with Gasteiger partial charge in [-0.1, -0.05) is 6.92 Å². The molecule has 3 N–H and O–H groups in total. The number of hydrogen-bond acceptors (Lipinski definition) is 4. The van der Waals surface area contributed by atoms with Crippen LogP contribution in [0.25, 0.3) is 0 Å². The third-order valence-electron chi connectivity index (χ3n) is 3.98. The van der Waals surface area contributed by atoms with Gasteiger partial charge < -0.3 is 10.5 Å². The Morgan fingerprint density at radius 2 is 2.25 bits per heavy atom. The van der Waals surface area contributed by atoms with Gasteiger partial charge in [0.25, 0.3) is 0 Å². The summed E-state index contributed by atoms with van der Waals surface area (Å²) in [6, 6.07) is 6.25. The van der Waals surface area contributed by atoms with E-state index in [1.807, 2.05) is 30.0 Å². The van der Waals surface area contributed by atoms with Gasteiger partial charge in [-0.25, -0.2) is 0 Å². The molecule has 20 heavy (non-hydrogen) atoms. The smallest absolute Gasteiger partial charge is 0.123 e. The first-order valence-electron chi connectivity index (χ1n) is 6.90. The number of nitrogen functional groups attached to an aromatic ring is 1. The predicted octanol–water partition coefficient (Wildman–Crippen LogP) is 2.31. The molecule has 0 aliphatic carbocycles. The first-order chi connectivity index (χ1) is 9.52. The molecule has 0 saturated carbocycles. The summed E-state index contributed by atoms with van der Waals surface area (Å²) in [6.07, 6.45) is 0. The average molecular weight is 293 g/mol. The van der Waals surface area contributed by atoms with Crippen molar-refractivity contribution < 1.29 is 4.74 Å². The molecule has 0 aromatic heterocycles. The summed E-state index contributed by atoms with van der Waals surface area (Å²) in [5.41, 5.74) is 7.44. The Balaban J connectivity index is 2.22. The van der Waals surface area contributed by atoms with E-state index in [-0.39, 0.29) is 5.84 Å². The second-order valence-corrected chi connectivity index (χ2v) is 6.71. The number of hydrogen-bond donors (Lipinski definition) is 2. The molecule has 1 aliphatic rings. The van der Waals surface area contributed by atoms with Crippen LogP contribution < -0.4 is 10.5 Å². The van der Waals surface area contributed by atoms with Crippen LogP contribution in [-0.2, 0) is 6.54 Å². The van der Waals surface area contributed by atoms with Crippen molar-refractivity contribution in [1.82, 2.24) is 4.90 Å². The van der Waals surface area contributed by atoms with E-state index in [1.165, 1.54) is 5.75 Å². The molecule has 1 fully saturated rings. The summed E-state index contributed by atoms with van der Waals surface area (Å²) in [5, 5.41) is 8.22. The fraction of sp³-hybridized carbons (Fsp3) is 0.533. The molecule has 1 heterocycles. The summed E-state index contributed by atoms with van der Waals surface area (Å²) in [5.74, 6) is 2.14. The Morgan fingerprint density at radius 1 is 1.50 bits per heavy atom. The van der Waals surface area contributed by atoms with Crippen LogP contribution in [0.4, 0.5) is 0 Å². The third kappa shape index (κ3) is 3.27. The van der Waals surface area contributed by atoms with Gasteiger partial charge in [0, 0.05) is 41.3 Å². The van der Waals surface area contributed by atoms with Crippen LogP contribution in [0, 0.1) is 5.41 Å². The van der Waals surface area contributed by atoms with Crippen molar-refractivity contribution in [2.45, 2.75) is 31.7 Å². The van der Waals surface area contributed by atoms with E-state index in [0.29, 0.717) is 11.3 Å². The zero-order valence-corrected chi connectivity index (χ0v) is 13.2. The molecule has 0 bridgehead atoms. The molecule has 5 heteroatoms. The zero-order valence-electron chi connectivity index (χ0n) is 12.3.